The zero-order valence-corrected chi connectivity index (χ0v) is 18.1. The molecule has 0 spiro atoms. The highest BCUT2D eigenvalue weighted by atomic mass is 35.5. The highest BCUT2D eigenvalue weighted by Crippen LogP contribution is 2.33. The molecular weight excluding hydrogens is 452 g/mol. The van der Waals surface area contributed by atoms with Crippen molar-refractivity contribution in [3.05, 3.63) is 52.7 Å². The molecule has 2 aromatic heterocycles. The van der Waals surface area contributed by atoms with Crippen LogP contribution in [0.15, 0.2) is 30.6 Å². The first-order valence-corrected chi connectivity index (χ1v) is 10.3. The molecule has 2 aromatic rings. The molecule has 1 saturated heterocycles. The normalized spacial score (nSPS) is 16.9. The third-order valence-corrected chi connectivity index (χ3v) is 5.20. The van der Waals surface area contributed by atoms with Gasteiger partial charge < -0.3 is 4.90 Å². The van der Waals surface area contributed by atoms with Crippen molar-refractivity contribution >= 4 is 29.2 Å². The van der Waals surface area contributed by atoms with Crippen LogP contribution in [0.4, 0.5) is 28.2 Å². The lowest BCUT2D eigenvalue weighted by molar-refractivity contribution is -0.138. The van der Waals surface area contributed by atoms with Gasteiger partial charge in [0.1, 0.15) is 0 Å². The Morgan fingerprint density at radius 1 is 1.28 bits per heavy atom. The van der Waals surface area contributed by atoms with Crippen molar-refractivity contribution < 1.29 is 27.2 Å². The first kappa shape index (κ1) is 23.9. The quantitative estimate of drug-likeness (QED) is 0.545. The van der Waals surface area contributed by atoms with Gasteiger partial charge in [-0.05, 0) is 30.5 Å². The Morgan fingerprint density at radius 3 is 2.59 bits per heavy atom. The lowest BCUT2D eigenvalue weighted by atomic mass is 10.0. The van der Waals surface area contributed by atoms with Crippen molar-refractivity contribution in [2.24, 2.45) is 5.92 Å². The van der Waals surface area contributed by atoms with E-state index in [1.54, 1.807) is 12.1 Å². The van der Waals surface area contributed by atoms with Crippen LogP contribution in [-0.4, -0.2) is 45.8 Å². The van der Waals surface area contributed by atoms with E-state index >= 15 is 0 Å². The van der Waals surface area contributed by atoms with Gasteiger partial charge in [0.05, 0.1) is 24.6 Å². The average molecular weight is 473 g/mol. The summed E-state index contributed by atoms with van der Waals surface area (Å²) in [6.45, 7) is 3.62. The fraction of sp³-hybridized carbons (Fsp3) is 0.429. The topological polar surface area (TPSA) is 66.4 Å². The number of anilines is 1. The van der Waals surface area contributed by atoms with Crippen molar-refractivity contribution in [1.29, 1.82) is 0 Å². The van der Waals surface area contributed by atoms with Gasteiger partial charge in [-0.3, -0.25) is 14.7 Å². The molecule has 3 rings (SSSR count). The minimum Gasteiger partial charge on any atom is -0.312 e. The number of aromatic nitrogens is 2. The van der Waals surface area contributed by atoms with Crippen molar-refractivity contribution in [3.63, 3.8) is 0 Å². The summed E-state index contributed by atoms with van der Waals surface area (Å²) in [5.74, 6) is -1.90. The Balaban J connectivity index is 1.81. The highest BCUT2D eigenvalue weighted by Gasteiger charge is 2.41. The number of nitrogens with zero attached hydrogens (tertiary/aromatic N) is 4. The van der Waals surface area contributed by atoms with Crippen LogP contribution in [0.3, 0.4) is 0 Å². The van der Waals surface area contributed by atoms with Crippen molar-refractivity contribution in [1.82, 2.24) is 14.9 Å². The molecule has 0 radical (unpaired) electrons. The Morgan fingerprint density at radius 2 is 2.00 bits per heavy atom. The number of carbonyl (C=O) groups excluding carboxylic acids is 2. The molecule has 1 atom stereocenters. The van der Waals surface area contributed by atoms with Gasteiger partial charge in [0.15, 0.2) is 17.4 Å². The molecule has 32 heavy (non-hydrogen) atoms. The second-order valence-corrected chi connectivity index (χ2v) is 8.45. The number of amides is 2. The minimum atomic E-state index is -4.76. The lowest BCUT2D eigenvalue weighted by Gasteiger charge is -2.23. The van der Waals surface area contributed by atoms with Crippen LogP contribution in [0.2, 0.25) is 5.02 Å². The molecule has 1 fully saturated rings. The Labute approximate surface area is 187 Å². The van der Waals surface area contributed by atoms with Crippen LogP contribution in [0.25, 0.3) is 0 Å². The maximum atomic E-state index is 14.4. The van der Waals surface area contributed by atoms with Crippen LogP contribution in [0.5, 0.6) is 0 Å². The molecule has 1 aliphatic rings. The molecule has 0 unspecified atom stereocenters. The van der Waals surface area contributed by atoms with Crippen molar-refractivity contribution in [3.8, 4) is 0 Å². The molecule has 6 nitrogen and oxygen atoms in total. The summed E-state index contributed by atoms with van der Waals surface area (Å²) in [6.07, 6.45) is -2.33. The van der Waals surface area contributed by atoms with Crippen LogP contribution < -0.4 is 4.90 Å². The molecule has 1 aliphatic heterocycles. The average Bonchev–Trinajstić information content (AvgIpc) is 2.96. The van der Waals surface area contributed by atoms with Crippen molar-refractivity contribution in [2.75, 3.05) is 18.0 Å². The summed E-state index contributed by atoms with van der Waals surface area (Å²) in [5.41, 5.74) is -0.799. The fourth-order valence-electron chi connectivity index (χ4n) is 3.60. The largest absolute Gasteiger partial charge is 0.417 e. The first-order valence-electron chi connectivity index (χ1n) is 9.88. The Bertz CT molecular complexity index is 1020. The van der Waals surface area contributed by atoms with E-state index in [0.29, 0.717) is 29.4 Å². The predicted octanol–water partition coefficient (Wildman–Crippen LogP) is 4.76. The zero-order chi connectivity index (χ0) is 23.6. The number of rotatable bonds is 7. The molecule has 172 valence electrons. The molecular formula is C21H21ClF4N4O2. The van der Waals surface area contributed by atoms with E-state index in [-0.39, 0.29) is 31.2 Å². The monoisotopic (exact) mass is 472 g/mol. The van der Waals surface area contributed by atoms with Gasteiger partial charge in [-0.15, -0.1) is 0 Å². The van der Waals surface area contributed by atoms with Gasteiger partial charge in [-0.25, -0.2) is 14.2 Å². The second-order valence-electron chi connectivity index (χ2n) is 8.01. The van der Waals surface area contributed by atoms with E-state index in [1.807, 2.05) is 13.8 Å². The van der Waals surface area contributed by atoms with Gasteiger partial charge in [0.2, 0.25) is 0 Å². The number of alkyl halides is 3. The first-order chi connectivity index (χ1) is 15.0. The maximum Gasteiger partial charge on any atom is 0.417 e. The molecule has 11 heteroatoms. The number of ketones is 1. The summed E-state index contributed by atoms with van der Waals surface area (Å²) in [5, 5.41) is 0.424. The summed E-state index contributed by atoms with van der Waals surface area (Å²) >= 11 is 5.91. The van der Waals surface area contributed by atoms with E-state index in [0.717, 1.165) is 4.90 Å². The Kier molecular flexibility index (Phi) is 7.02. The number of pyridine rings is 2. The highest BCUT2D eigenvalue weighted by molar-refractivity contribution is 6.30. The maximum absolute atomic E-state index is 14.4. The van der Waals surface area contributed by atoms with E-state index in [9.17, 15) is 27.2 Å². The van der Waals surface area contributed by atoms with Gasteiger partial charge >= 0.3 is 12.2 Å². The van der Waals surface area contributed by atoms with Crippen LogP contribution in [0.1, 0.15) is 31.5 Å². The number of Topliss-reactive ketones (excluding diaryl/α,β-unsaturated/α-hetero) is 1. The van der Waals surface area contributed by atoms with Crippen LogP contribution in [0, 0.1) is 11.7 Å². The van der Waals surface area contributed by atoms with E-state index in [2.05, 4.69) is 9.97 Å². The van der Waals surface area contributed by atoms with E-state index in [4.69, 9.17) is 11.6 Å². The molecule has 0 aliphatic carbocycles. The van der Waals surface area contributed by atoms with Crippen molar-refractivity contribution in [2.45, 2.75) is 38.9 Å². The second kappa shape index (κ2) is 9.40. The minimum absolute atomic E-state index is 0.00892. The summed E-state index contributed by atoms with van der Waals surface area (Å²) in [7, 11) is 0. The number of hydrogen-bond donors (Lipinski definition) is 0. The predicted molar refractivity (Wildman–Crippen MR) is 110 cm³/mol. The number of carbonyl (C=O) groups is 2. The third-order valence-electron chi connectivity index (χ3n) is 4.96. The number of halogens is 5. The summed E-state index contributed by atoms with van der Waals surface area (Å²) in [6, 6.07) is 2.31. The van der Waals surface area contributed by atoms with Crippen LogP contribution in [-0.2, 0) is 17.4 Å². The van der Waals surface area contributed by atoms with Gasteiger partial charge in [0.25, 0.3) is 0 Å². The molecule has 0 aromatic carbocycles. The summed E-state index contributed by atoms with van der Waals surface area (Å²) < 4.78 is 52.9. The standard InChI is InChI=1S/C21H21ClF4N4O2/c1-12(2)5-16-10-30(19-18(23)6-13(9-28-19)21(24,25)26)20(32)29(16)11-17(31)8-15-7-14(22)3-4-27-15/h3-4,6-7,9,12,16H,5,8,10-11H2,1-2H3/t16-/m0/s1. The van der Waals surface area contributed by atoms with Gasteiger partial charge in [0, 0.05) is 29.7 Å². The number of hydrogen-bond acceptors (Lipinski definition) is 4. The SMILES string of the molecule is CC(C)C[C@H]1CN(c2ncc(C(F)(F)F)cc2F)C(=O)N1CC(=O)Cc1cc(Cl)ccn1. The van der Waals surface area contributed by atoms with Gasteiger partial charge in [-0.1, -0.05) is 25.4 Å². The van der Waals surface area contributed by atoms with Gasteiger partial charge in [-0.2, -0.15) is 13.2 Å². The van der Waals surface area contributed by atoms with E-state index in [1.165, 1.54) is 11.1 Å². The Hall–Kier alpha value is -2.75. The summed E-state index contributed by atoms with van der Waals surface area (Å²) in [4.78, 5) is 35.5. The molecule has 2 amide bonds. The molecule has 0 bridgehead atoms. The molecule has 0 N–H and O–H groups in total. The third kappa shape index (κ3) is 5.53. The number of urea groups is 1. The molecule has 3 heterocycles. The fourth-order valence-corrected chi connectivity index (χ4v) is 3.78. The molecule has 0 saturated carbocycles. The van der Waals surface area contributed by atoms with Crippen LogP contribution >= 0.6 is 11.6 Å². The smallest absolute Gasteiger partial charge is 0.312 e. The zero-order valence-electron chi connectivity index (χ0n) is 17.4. The lowest BCUT2D eigenvalue weighted by Crippen LogP contribution is -2.40. The van der Waals surface area contributed by atoms with E-state index < -0.39 is 35.4 Å².